The maximum absolute atomic E-state index is 12.4. The average molecular weight is 370 g/mol. The van der Waals surface area contributed by atoms with Crippen LogP contribution in [0.3, 0.4) is 0 Å². The van der Waals surface area contributed by atoms with Gasteiger partial charge in [-0.15, -0.1) is 0 Å². The number of methoxy groups -OCH3 is 1. The van der Waals surface area contributed by atoms with Crippen LogP contribution in [-0.2, 0) is 16.0 Å². The van der Waals surface area contributed by atoms with Gasteiger partial charge in [0.2, 0.25) is 11.8 Å². The second-order valence-electron chi connectivity index (χ2n) is 6.16. The molecule has 27 heavy (non-hydrogen) atoms. The van der Waals surface area contributed by atoms with Crippen LogP contribution in [0.4, 0.5) is 5.69 Å². The second kappa shape index (κ2) is 9.75. The van der Waals surface area contributed by atoms with Crippen LogP contribution >= 0.6 is 0 Å². The molecular formula is C19H23BN2O5. The smallest absolute Gasteiger partial charge is 0.475 e. The van der Waals surface area contributed by atoms with Gasteiger partial charge in [-0.05, 0) is 31.0 Å². The first-order valence-electron chi connectivity index (χ1n) is 8.56. The highest BCUT2D eigenvalue weighted by atomic mass is 16.5. The number of hydrogen-bond donors (Lipinski definition) is 4. The van der Waals surface area contributed by atoms with Crippen LogP contribution in [-0.4, -0.2) is 42.0 Å². The van der Waals surface area contributed by atoms with E-state index in [0.29, 0.717) is 11.4 Å². The summed E-state index contributed by atoms with van der Waals surface area (Å²) in [6.07, 6.45) is 0.231. The highest BCUT2D eigenvalue weighted by Gasteiger charge is 2.29. The van der Waals surface area contributed by atoms with Crippen LogP contribution in [0.15, 0.2) is 54.6 Å². The van der Waals surface area contributed by atoms with Crippen molar-refractivity contribution in [3.8, 4) is 5.75 Å². The number of hydrogen-bond acceptors (Lipinski definition) is 5. The average Bonchev–Trinajstić information content (AvgIpc) is 2.67. The Kier molecular flexibility index (Phi) is 7.39. The lowest BCUT2D eigenvalue weighted by Gasteiger charge is -2.20. The topological polar surface area (TPSA) is 108 Å². The SMILES string of the molecule is COc1cccc(NC(=O)C(C)C(=O)NC(Cc2ccccc2)B(O)O)c1. The van der Waals surface area contributed by atoms with Crippen molar-refractivity contribution in [2.24, 2.45) is 5.92 Å². The maximum atomic E-state index is 12.4. The first kappa shape index (κ1) is 20.5. The lowest BCUT2D eigenvalue weighted by atomic mass is 9.75. The molecule has 0 bridgehead atoms. The van der Waals surface area contributed by atoms with Gasteiger partial charge in [0, 0.05) is 11.8 Å². The van der Waals surface area contributed by atoms with Crippen molar-refractivity contribution in [2.45, 2.75) is 19.3 Å². The van der Waals surface area contributed by atoms with Gasteiger partial charge in [-0.3, -0.25) is 9.59 Å². The third-order valence-corrected chi connectivity index (χ3v) is 4.11. The predicted molar refractivity (Wildman–Crippen MR) is 103 cm³/mol. The summed E-state index contributed by atoms with van der Waals surface area (Å²) in [5.74, 6) is -2.47. The highest BCUT2D eigenvalue weighted by molar-refractivity contribution is 6.43. The Morgan fingerprint density at radius 1 is 1.07 bits per heavy atom. The van der Waals surface area contributed by atoms with Crippen molar-refractivity contribution >= 4 is 24.6 Å². The van der Waals surface area contributed by atoms with Crippen molar-refractivity contribution in [1.29, 1.82) is 0 Å². The van der Waals surface area contributed by atoms with Gasteiger partial charge in [0.15, 0.2) is 0 Å². The van der Waals surface area contributed by atoms with E-state index in [-0.39, 0.29) is 6.42 Å². The van der Waals surface area contributed by atoms with Crippen LogP contribution in [0.25, 0.3) is 0 Å². The molecule has 4 N–H and O–H groups in total. The molecule has 0 spiro atoms. The quantitative estimate of drug-likeness (QED) is 0.410. The Labute approximate surface area is 158 Å². The lowest BCUT2D eigenvalue weighted by molar-refractivity contribution is -0.132. The van der Waals surface area contributed by atoms with Gasteiger partial charge in [-0.25, -0.2) is 0 Å². The first-order valence-corrected chi connectivity index (χ1v) is 8.56. The highest BCUT2D eigenvalue weighted by Crippen LogP contribution is 2.17. The molecule has 2 atom stereocenters. The van der Waals surface area contributed by atoms with Crippen molar-refractivity contribution < 1.29 is 24.4 Å². The molecule has 2 amide bonds. The number of anilines is 1. The number of carbonyl (C=O) groups excluding carboxylic acids is 2. The Hall–Kier alpha value is -2.84. The zero-order chi connectivity index (χ0) is 19.8. The van der Waals surface area contributed by atoms with Crippen molar-refractivity contribution in [3.05, 3.63) is 60.2 Å². The van der Waals surface area contributed by atoms with E-state index in [1.54, 1.807) is 24.3 Å². The number of carbonyl (C=O) groups is 2. The van der Waals surface area contributed by atoms with Crippen molar-refractivity contribution in [1.82, 2.24) is 5.32 Å². The Morgan fingerprint density at radius 2 is 1.78 bits per heavy atom. The third kappa shape index (κ3) is 6.12. The molecule has 0 radical (unpaired) electrons. The minimum absolute atomic E-state index is 0.231. The summed E-state index contributed by atoms with van der Waals surface area (Å²) in [5, 5.41) is 24.3. The molecule has 0 fully saturated rings. The molecule has 2 rings (SSSR count). The standard InChI is InChI=1S/C19H23BN2O5/c1-13(18(23)21-15-9-6-10-16(12-15)27-2)19(24)22-17(20(25)26)11-14-7-4-3-5-8-14/h3-10,12-13,17,25-26H,11H2,1-2H3,(H,21,23)(H,22,24). The van der Waals surface area contributed by atoms with E-state index in [0.717, 1.165) is 5.56 Å². The fourth-order valence-corrected chi connectivity index (χ4v) is 2.48. The van der Waals surface area contributed by atoms with Gasteiger partial charge < -0.3 is 25.4 Å². The lowest BCUT2D eigenvalue weighted by Crippen LogP contribution is -2.50. The third-order valence-electron chi connectivity index (χ3n) is 4.11. The predicted octanol–water partition coefficient (Wildman–Crippen LogP) is 1.01. The van der Waals surface area contributed by atoms with E-state index in [1.165, 1.54) is 14.0 Å². The van der Waals surface area contributed by atoms with E-state index >= 15 is 0 Å². The van der Waals surface area contributed by atoms with Crippen molar-refractivity contribution in [3.63, 3.8) is 0 Å². The van der Waals surface area contributed by atoms with Gasteiger partial charge in [-0.1, -0.05) is 36.4 Å². The summed E-state index contributed by atoms with van der Waals surface area (Å²) in [7, 11) is -0.229. The maximum Gasteiger partial charge on any atom is 0.475 e. The zero-order valence-corrected chi connectivity index (χ0v) is 15.3. The second-order valence-corrected chi connectivity index (χ2v) is 6.16. The largest absolute Gasteiger partial charge is 0.497 e. The summed E-state index contributed by atoms with van der Waals surface area (Å²) in [6, 6.07) is 15.9. The molecule has 0 aromatic heterocycles. The van der Waals surface area contributed by atoms with E-state index < -0.39 is 30.8 Å². The Balaban J connectivity index is 1.98. The molecule has 7 nitrogen and oxygen atoms in total. The molecule has 142 valence electrons. The summed E-state index contributed by atoms with van der Waals surface area (Å²) in [4.78, 5) is 24.7. The minimum atomic E-state index is -1.75. The van der Waals surface area contributed by atoms with Gasteiger partial charge >= 0.3 is 7.12 Å². The molecule has 0 saturated carbocycles. The van der Waals surface area contributed by atoms with Crippen LogP contribution < -0.4 is 15.4 Å². The Morgan fingerprint density at radius 3 is 2.41 bits per heavy atom. The van der Waals surface area contributed by atoms with Gasteiger partial charge in [0.1, 0.15) is 11.7 Å². The van der Waals surface area contributed by atoms with Crippen LogP contribution in [0.1, 0.15) is 12.5 Å². The molecule has 2 aromatic rings. The fourth-order valence-electron chi connectivity index (χ4n) is 2.48. The van der Waals surface area contributed by atoms with Crippen LogP contribution in [0, 0.1) is 5.92 Å². The van der Waals surface area contributed by atoms with Gasteiger partial charge in [-0.2, -0.15) is 0 Å². The molecular weight excluding hydrogens is 347 g/mol. The van der Waals surface area contributed by atoms with E-state index in [2.05, 4.69) is 10.6 Å². The summed E-state index contributed by atoms with van der Waals surface area (Å²) in [6.45, 7) is 1.45. The minimum Gasteiger partial charge on any atom is -0.497 e. The number of nitrogens with one attached hydrogen (secondary N) is 2. The summed E-state index contributed by atoms with van der Waals surface area (Å²) in [5.41, 5.74) is 1.34. The van der Waals surface area contributed by atoms with Crippen LogP contribution in [0.5, 0.6) is 5.75 Å². The van der Waals surface area contributed by atoms with Crippen LogP contribution in [0.2, 0.25) is 0 Å². The molecule has 0 aliphatic carbocycles. The molecule has 8 heteroatoms. The number of rotatable bonds is 8. The van der Waals surface area contributed by atoms with E-state index in [1.807, 2.05) is 30.3 Å². The number of benzene rings is 2. The van der Waals surface area contributed by atoms with E-state index in [4.69, 9.17) is 4.74 Å². The van der Waals surface area contributed by atoms with Gasteiger partial charge in [0.25, 0.3) is 0 Å². The Bertz CT molecular complexity index is 770. The number of amides is 2. The fraction of sp³-hybridized carbons (Fsp3) is 0.263. The molecule has 2 unspecified atom stereocenters. The van der Waals surface area contributed by atoms with Crippen molar-refractivity contribution in [2.75, 3.05) is 12.4 Å². The monoisotopic (exact) mass is 370 g/mol. The van der Waals surface area contributed by atoms with E-state index in [9.17, 15) is 19.6 Å². The number of ether oxygens (including phenoxy) is 1. The summed E-state index contributed by atoms with van der Waals surface area (Å²) < 4.78 is 5.09. The summed E-state index contributed by atoms with van der Waals surface area (Å²) >= 11 is 0. The molecule has 0 aliphatic heterocycles. The molecule has 0 aliphatic rings. The molecule has 0 saturated heterocycles. The zero-order valence-electron chi connectivity index (χ0n) is 15.3. The first-order chi connectivity index (χ1) is 12.9. The normalized spacial score (nSPS) is 12.6. The van der Waals surface area contributed by atoms with Gasteiger partial charge in [0.05, 0.1) is 13.1 Å². The molecule has 2 aromatic carbocycles. The molecule has 0 heterocycles.